The molecule has 0 heterocycles. The van der Waals surface area contributed by atoms with Gasteiger partial charge in [-0.25, -0.2) is 0 Å². The van der Waals surface area contributed by atoms with E-state index in [9.17, 15) is 0 Å². The molecule has 0 amide bonds. The molecule has 3 heteroatoms. The number of unbranched alkanes of at least 4 members (excludes halogenated alkanes) is 1. The monoisotopic (exact) mass is 192 g/mol. The van der Waals surface area contributed by atoms with Gasteiger partial charge in [-0.2, -0.15) is 0 Å². The van der Waals surface area contributed by atoms with Crippen molar-refractivity contribution in [2.45, 2.75) is 19.8 Å². The average molecular weight is 192 g/mol. The standard InChI is InChI=1S/C11H16N2O/c1-2-3-4-7-14-11-6-5-9(12)8-10(11)13/h4-8H,2-3,12-13H2,1H3. The highest BCUT2D eigenvalue weighted by atomic mass is 16.5. The minimum Gasteiger partial charge on any atom is -0.463 e. The van der Waals surface area contributed by atoms with Gasteiger partial charge in [0.25, 0.3) is 0 Å². The zero-order valence-corrected chi connectivity index (χ0v) is 8.36. The normalized spacial score (nSPS) is 10.6. The van der Waals surface area contributed by atoms with E-state index in [1.54, 1.807) is 24.5 Å². The van der Waals surface area contributed by atoms with E-state index in [1.165, 1.54) is 0 Å². The molecular weight excluding hydrogens is 176 g/mol. The van der Waals surface area contributed by atoms with Crippen molar-refractivity contribution < 1.29 is 4.74 Å². The van der Waals surface area contributed by atoms with Gasteiger partial charge in [-0.3, -0.25) is 0 Å². The summed E-state index contributed by atoms with van der Waals surface area (Å²) in [7, 11) is 0. The van der Waals surface area contributed by atoms with E-state index in [2.05, 4.69) is 6.92 Å². The Morgan fingerprint density at radius 3 is 2.79 bits per heavy atom. The molecule has 3 nitrogen and oxygen atoms in total. The lowest BCUT2D eigenvalue weighted by Gasteiger charge is -2.04. The van der Waals surface area contributed by atoms with Crippen LogP contribution >= 0.6 is 0 Å². The number of anilines is 2. The smallest absolute Gasteiger partial charge is 0.149 e. The van der Waals surface area contributed by atoms with Crippen LogP contribution in [0.2, 0.25) is 0 Å². The highest BCUT2D eigenvalue weighted by Crippen LogP contribution is 2.23. The summed E-state index contributed by atoms with van der Waals surface area (Å²) in [5.74, 6) is 0.645. The number of nitrogen functional groups attached to an aromatic ring is 2. The molecule has 0 aromatic heterocycles. The maximum Gasteiger partial charge on any atom is 0.149 e. The van der Waals surface area contributed by atoms with Crippen LogP contribution in [-0.4, -0.2) is 0 Å². The predicted octanol–water partition coefficient (Wildman–Crippen LogP) is 2.54. The first-order valence-electron chi connectivity index (χ1n) is 4.70. The van der Waals surface area contributed by atoms with Crippen LogP contribution in [0.5, 0.6) is 5.75 Å². The quantitative estimate of drug-likeness (QED) is 0.569. The third-order valence-electron chi connectivity index (χ3n) is 1.78. The average Bonchev–Trinajstić information content (AvgIpc) is 2.15. The Hall–Kier alpha value is -1.64. The van der Waals surface area contributed by atoms with E-state index in [4.69, 9.17) is 16.2 Å². The fraction of sp³-hybridized carbons (Fsp3) is 0.273. The van der Waals surface area contributed by atoms with Gasteiger partial charge in [0, 0.05) is 5.69 Å². The summed E-state index contributed by atoms with van der Waals surface area (Å²) >= 11 is 0. The van der Waals surface area contributed by atoms with E-state index in [0.717, 1.165) is 12.8 Å². The summed E-state index contributed by atoms with van der Waals surface area (Å²) < 4.78 is 5.33. The number of benzene rings is 1. The van der Waals surface area contributed by atoms with Crippen molar-refractivity contribution in [2.24, 2.45) is 0 Å². The van der Waals surface area contributed by atoms with Crippen LogP contribution in [0.25, 0.3) is 0 Å². The lowest BCUT2D eigenvalue weighted by molar-refractivity contribution is 0.481. The van der Waals surface area contributed by atoms with Crippen LogP contribution in [0.15, 0.2) is 30.5 Å². The molecule has 14 heavy (non-hydrogen) atoms. The number of allylic oxidation sites excluding steroid dienone is 1. The first kappa shape index (κ1) is 10.4. The maximum atomic E-state index is 5.70. The predicted molar refractivity (Wildman–Crippen MR) is 59.9 cm³/mol. The topological polar surface area (TPSA) is 61.3 Å². The number of ether oxygens (including phenoxy) is 1. The van der Waals surface area contributed by atoms with Crippen LogP contribution in [0.1, 0.15) is 19.8 Å². The van der Waals surface area contributed by atoms with Crippen LogP contribution < -0.4 is 16.2 Å². The molecule has 0 aliphatic carbocycles. The third-order valence-corrected chi connectivity index (χ3v) is 1.78. The summed E-state index contributed by atoms with van der Waals surface area (Å²) in [5.41, 5.74) is 12.5. The molecule has 0 spiro atoms. The van der Waals surface area contributed by atoms with Gasteiger partial charge in [0.15, 0.2) is 0 Å². The molecular formula is C11H16N2O. The summed E-state index contributed by atoms with van der Waals surface area (Å²) in [5, 5.41) is 0. The molecule has 0 bridgehead atoms. The Labute approximate surface area is 84.4 Å². The Bertz CT molecular complexity index is 321. The van der Waals surface area contributed by atoms with Gasteiger partial charge in [0.2, 0.25) is 0 Å². The maximum absolute atomic E-state index is 5.70. The van der Waals surface area contributed by atoms with Crippen LogP contribution in [-0.2, 0) is 0 Å². The fourth-order valence-electron chi connectivity index (χ4n) is 1.03. The number of hydrogen-bond acceptors (Lipinski definition) is 3. The van der Waals surface area contributed by atoms with Gasteiger partial charge < -0.3 is 16.2 Å². The second kappa shape index (κ2) is 5.17. The van der Waals surface area contributed by atoms with Crippen molar-refractivity contribution in [3.8, 4) is 5.75 Å². The number of rotatable bonds is 4. The van der Waals surface area contributed by atoms with Crippen molar-refractivity contribution >= 4 is 11.4 Å². The van der Waals surface area contributed by atoms with Gasteiger partial charge in [-0.05, 0) is 30.7 Å². The molecule has 0 radical (unpaired) electrons. The summed E-state index contributed by atoms with van der Waals surface area (Å²) in [4.78, 5) is 0. The van der Waals surface area contributed by atoms with Gasteiger partial charge >= 0.3 is 0 Å². The summed E-state index contributed by atoms with van der Waals surface area (Å²) in [6.45, 7) is 2.11. The van der Waals surface area contributed by atoms with Crippen molar-refractivity contribution in [2.75, 3.05) is 11.5 Å². The minimum absolute atomic E-state index is 0.561. The highest BCUT2D eigenvalue weighted by molar-refractivity contribution is 5.60. The molecule has 0 unspecified atom stereocenters. The van der Waals surface area contributed by atoms with E-state index in [0.29, 0.717) is 17.1 Å². The number of hydrogen-bond donors (Lipinski definition) is 2. The molecule has 1 rings (SSSR count). The summed E-state index contributed by atoms with van der Waals surface area (Å²) in [6.07, 6.45) is 5.74. The fourth-order valence-corrected chi connectivity index (χ4v) is 1.03. The first-order valence-corrected chi connectivity index (χ1v) is 4.70. The SMILES string of the molecule is CCCC=COc1ccc(N)cc1N. The van der Waals surface area contributed by atoms with Crippen molar-refractivity contribution in [3.63, 3.8) is 0 Å². The van der Waals surface area contributed by atoms with E-state index in [-0.39, 0.29) is 0 Å². The van der Waals surface area contributed by atoms with Crippen LogP contribution in [0.3, 0.4) is 0 Å². The Morgan fingerprint density at radius 2 is 2.14 bits per heavy atom. The molecule has 0 fully saturated rings. The largest absolute Gasteiger partial charge is 0.463 e. The van der Waals surface area contributed by atoms with Crippen LogP contribution in [0.4, 0.5) is 11.4 Å². The molecule has 0 saturated heterocycles. The van der Waals surface area contributed by atoms with Crippen molar-refractivity contribution in [1.29, 1.82) is 0 Å². The van der Waals surface area contributed by atoms with Crippen LogP contribution in [0, 0.1) is 0 Å². The Kier molecular flexibility index (Phi) is 3.85. The summed E-state index contributed by atoms with van der Waals surface area (Å²) in [6, 6.07) is 5.21. The van der Waals surface area contributed by atoms with Gasteiger partial charge in [-0.1, -0.05) is 13.3 Å². The molecule has 0 aliphatic rings. The van der Waals surface area contributed by atoms with Crippen molar-refractivity contribution in [3.05, 3.63) is 30.5 Å². The second-order valence-electron chi connectivity index (χ2n) is 3.08. The van der Waals surface area contributed by atoms with E-state index < -0.39 is 0 Å². The van der Waals surface area contributed by atoms with Gasteiger partial charge in [-0.15, -0.1) is 0 Å². The molecule has 76 valence electrons. The molecule has 0 aliphatic heterocycles. The first-order chi connectivity index (χ1) is 6.74. The lowest BCUT2D eigenvalue weighted by Crippen LogP contribution is -1.93. The van der Waals surface area contributed by atoms with Gasteiger partial charge in [0.1, 0.15) is 5.75 Å². The lowest BCUT2D eigenvalue weighted by atomic mass is 10.2. The van der Waals surface area contributed by atoms with E-state index >= 15 is 0 Å². The highest BCUT2D eigenvalue weighted by Gasteiger charge is 1.97. The molecule has 4 N–H and O–H groups in total. The Morgan fingerprint density at radius 1 is 1.36 bits per heavy atom. The number of nitrogens with two attached hydrogens (primary N) is 2. The zero-order chi connectivity index (χ0) is 10.4. The molecule has 0 atom stereocenters. The van der Waals surface area contributed by atoms with Crippen molar-refractivity contribution in [1.82, 2.24) is 0 Å². The zero-order valence-electron chi connectivity index (χ0n) is 8.36. The second-order valence-corrected chi connectivity index (χ2v) is 3.08. The van der Waals surface area contributed by atoms with E-state index in [1.807, 2.05) is 6.08 Å². The minimum atomic E-state index is 0.561. The molecule has 1 aromatic rings. The van der Waals surface area contributed by atoms with Gasteiger partial charge in [0.05, 0.1) is 11.9 Å². The molecule has 0 saturated carbocycles. The molecule has 1 aromatic carbocycles. The Balaban J connectivity index is 2.59. The third kappa shape index (κ3) is 3.01.